The van der Waals surface area contributed by atoms with Gasteiger partial charge in [-0.25, -0.2) is 0 Å². The molecule has 2 atom stereocenters. The summed E-state index contributed by atoms with van der Waals surface area (Å²) in [6, 6.07) is 0. The molecule has 1 aliphatic heterocycles. The third kappa shape index (κ3) is 5.17. The topological polar surface area (TPSA) is 46.5 Å². The van der Waals surface area contributed by atoms with Gasteiger partial charge in [0.15, 0.2) is 0 Å². The Kier molecular flexibility index (Phi) is 5.69. The van der Waals surface area contributed by atoms with Crippen LogP contribution in [0.5, 0.6) is 0 Å². The molecule has 0 aliphatic carbocycles. The molecule has 15 heavy (non-hydrogen) atoms. The normalized spacial score (nSPS) is 26.5. The molecule has 0 spiro atoms. The molecular weight excluding hydrogens is 192 g/mol. The first-order chi connectivity index (χ1) is 7.22. The zero-order valence-corrected chi connectivity index (χ0v) is 9.58. The summed E-state index contributed by atoms with van der Waals surface area (Å²) in [6.45, 7) is 2.19. The molecule has 3 nitrogen and oxygen atoms in total. The van der Waals surface area contributed by atoms with Crippen LogP contribution in [0.25, 0.3) is 0 Å². The predicted molar refractivity (Wildman–Crippen MR) is 58.9 cm³/mol. The second-order valence-corrected chi connectivity index (χ2v) is 4.40. The first-order valence-corrected chi connectivity index (χ1v) is 6.09. The van der Waals surface area contributed by atoms with Crippen LogP contribution < -0.4 is 0 Å². The van der Waals surface area contributed by atoms with Gasteiger partial charge in [0.25, 0.3) is 0 Å². The fraction of sp³-hybridized carbons (Fsp3) is 0.917. The van der Waals surface area contributed by atoms with Gasteiger partial charge in [-0.1, -0.05) is 26.2 Å². The average Bonchev–Trinajstić information content (AvgIpc) is 2.18. The molecule has 1 heterocycles. The van der Waals surface area contributed by atoms with Crippen molar-refractivity contribution in [3.05, 3.63) is 0 Å². The second-order valence-electron chi connectivity index (χ2n) is 4.40. The summed E-state index contributed by atoms with van der Waals surface area (Å²) in [7, 11) is 0. The molecule has 0 unspecified atom stereocenters. The van der Waals surface area contributed by atoms with Crippen molar-refractivity contribution in [1.29, 1.82) is 0 Å². The molecule has 1 fully saturated rings. The van der Waals surface area contributed by atoms with Gasteiger partial charge in [-0.2, -0.15) is 0 Å². The van der Waals surface area contributed by atoms with Crippen LogP contribution in [0.3, 0.4) is 0 Å². The minimum absolute atomic E-state index is 0.0390. The number of carboxylic acid groups (broad SMARTS) is 1. The maximum Gasteiger partial charge on any atom is 0.305 e. The van der Waals surface area contributed by atoms with Gasteiger partial charge in [-0.3, -0.25) is 4.79 Å². The summed E-state index contributed by atoms with van der Waals surface area (Å²) in [5.41, 5.74) is 0. The molecule has 0 saturated carbocycles. The second kappa shape index (κ2) is 6.83. The highest BCUT2D eigenvalue weighted by molar-refractivity contribution is 5.67. The lowest BCUT2D eigenvalue weighted by molar-refractivity contribution is -0.143. The fourth-order valence-electron chi connectivity index (χ4n) is 2.16. The van der Waals surface area contributed by atoms with Gasteiger partial charge in [-0.05, 0) is 25.7 Å². The molecule has 0 aromatic heterocycles. The van der Waals surface area contributed by atoms with Crippen molar-refractivity contribution < 1.29 is 14.6 Å². The highest BCUT2D eigenvalue weighted by Crippen LogP contribution is 2.24. The molecule has 1 saturated heterocycles. The Balaban J connectivity index is 2.19. The van der Waals surface area contributed by atoms with Gasteiger partial charge in [0.2, 0.25) is 0 Å². The summed E-state index contributed by atoms with van der Waals surface area (Å²) in [4.78, 5) is 10.6. The quantitative estimate of drug-likeness (QED) is 0.691. The standard InChI is InChI=1S/C12H22O3/c1-2-3-4-6-10-7-5-8-11(15-10)9-12(13)14/h10-11H,2-9H2,1H3,(H,13,14)/t10-,11+/m0/s1. The van der Waals surface area contributed by atoms with Crippen LogP contribution in [0.1, 0.15) is 58.3 Å². The maximum absolute atomic E-state index is 10.6. The Bertz CT molecular complexity index is 191. The number of hydrogen-bond donors (Lipinski definition) is 1. The molecule has 0 aromatic carbocycles. The SMILES string of the molecule is CCCCC[C@H]1CCC[C@H](CC(=O)O)O1. The van der Waals surface area contributed by atoms with E-state index < -0.39 is 5.97 Å². The predicted octanol–water partition coefficient (Wildman–Crippen LogP) is 2.98. The van der Waals surface area contributed by atoms with E-state index in [-0.39, 0.29) is 12.5 Å². The molecule has 0 bridgehead atoms. The van der Waals surface area contributed by atoms with E-state index >= 15 is 0 Å². The van der Waals surface area contributed by atoms with Crippen molar-refractivity contribution in [3.8, 4) is 0 Å². The fourth-order valence-corrected chi connectivity index (χ4v) is 2.16. The van der Waals surface area contributed by atoms with E-state index in [0.29, 0.717) is 6.10 Å². The summed E-state index contributed by atoms with van der Waals surface area (Å²) < 4.78 is 5.76. The lowest BCUT2D eigenvalue weighted by atomic mass is 9.98. The average molecular weight is 214 g/mol. The third-order valence-electron chi connectivity index (χ3n) is 2.97. The largest absolute Gasteiger partial charge is 0.481 e. The highest BCUT2D eigenvalue weighted by Gasteiger charge is 2.23. The number of carbonyl (C=O) groups is 1. The van der Waals surface area contributed by atoms with Gasteiger partial charge < -0.3 is 9.84 Å². The van der Waals surface area contributed by atoms with Crippen LogP contribution in [0, 0.1) is 0 Å². The Labute approximate surface area is 91.8 Å². The van der Waals surface area contributed by atoms with Gasteiger partial charge in [0.1, 0.15) is 0 Å². The smallest absolute Gasteiger partial charge is 0.305 e. The Morgan fingerprint density at radius 2 is 2.07 bits per heavy atom. The van der Waals surface area contributed by atoms with Crippen LogP contribution in [-0.4, -0.2) is 23.3 Å². The van der Waals surface area contributed by atoms with Crippen molar-refractivity contribution in [3.63, 3.8) is 0 Å². The van der Waals surface area contributed by atoms with Crippen LogP contribution in [-0.2, 0) is 9.53 Å². The zero-order chi connectivity index (χ0) is 11.1. The first kappa shape index (κ1) is 12.5. The Morgan fingerprint density at radius 3 is 2.73 bits per heavy atom. The third-order valence-corrected chi connectivity index (χ3v) is 2.97. The molecule has 1 N–H and O–H groups in total. The van der Waals surface area contributed by atoms with E-state index in [2.05, 4.69) is 6.92 Å². The Hall–Kier alpha value is -0.570. The molecule has 1 aliphatic rings. The molecule has 0 amide bonds. The van der Waals surface area contributed by atoms with Gasteiger partial charge >= 0.3 is 5.97 Å². The first-order valence-electron chi connectivity index (χ1n) is 6.09. The number of hydrogen-bond acceptors (Lipinski definition) is 2. The van der Waals surface area contributed by atoms with Crippen molar-refractivity contribution in [1.82, 2.24) is 0 Å². The van der Waals surface area contributed by atoms with Gasteiger partial charge in [0.05, 0.1) is 18.6 Å². The zero-order valence-electron chi connectivity index (χ0n) is 9.58. The van der Waals surface area contributed by atoms with Crippen LogP contribution >= 0.6 is 0 Å². The van der Waals surface area contributed by atoms with Crippen LogP contribution in [0.2, 0.25) is 0 Å². The number of aliphatic carboxylic acids is 1. The van der Waals surface area contributed by atoms with E-state index in [0.717, 1.165) is 25.7 Å². The summed E-state index contributed by atoms with van der Waals surface area (Å²) >= 11 is 0. The molecule has 0 aromatic rings. The van der Waals surface area contributed by atoms with Crippen molar-refractivity contribution in [2.45, 2.75) is 70.5 Å². The Morgan fingerprint density at radius 1 is 1.33 bits per heavy atom. The summed E-state index contributed by atoms with van der Waals surface area (Å²) in [5, 5.41) is 8.69. The number of ether oxygens (including phenoxy) is 1. The van der Waals surface area contributed by atoms with Crippen LogP contribution in [0.15, 0.2) is 0 Å². The monoisotopic (exact) mass is 214 g/mol. The molecule has 88 valence electrons. The number of carboxylic acids is 1. The van der Waals surface area contributed by atoms with Crippen molar-refractivity contribution in [2.24, 2.45) is 0 Å². The minimum atomic E-state index is -0.741. The van der Waals surface area contributed by atoms with E-state index in [9.17, 15) is 4.79 Å². The maximum atomic E-state index is 10.6. The van der Waals surface area contributed by atoms with E-state index in [1.54, 1.807) is 0 Å². The lowest BCUT2D eigenvalue weighted by Gasteiger charge is -2.29. The molecule has 1 rings (SSSR count). The highest BCUT2D eigenvalue weighted by atomic mass is 16.5. The van der Waals surface area contributed by atoms with E-state index in [1.165, 1.54) is 19.3 Å². The number of rotatable bonds is 6. The van der Waals surface area contributed by atoms with Crippen molar-refractivity contribution in [2.75, 3.05) is 0 Å². The number of unbranched alkanes of at least 4 members (excludes halogenated alkanes) is 2. The summed E-state index contributed by atoms with van der Waals surface area (Å²) in [5.74, 6) is -0.741. The van der Waals surface area contributed by atoms with Gasteiger partial charge in [0, 0.05) is 0 Å². The van der Waals surface area contributed by atoms with E-state index in [4.69, 9.17) is 9.84 Å². The minimum Gasteiger partial charge on any atom is -0.481 e. The molecule has 0 radical (unpaired) electrons. The lowest BCUT2D eigenvalue weighted by Crippen LogP contribution is -2.29. The molecule has 3 heteroatoms. The van der Waals surface area contributed by atoms with Crippen LogP contribution in [0.4, 0.5) is 0 Å². The molecular formula is C12H22O3. The van der Waals surface area contributed by atoms with Gasteiger partial charge in [-0.15, -0.1) is 0 Å². The van der Waals surface area contributed by atoms with Crippen molar-refractivity contribution >= 4 is 5.97 Å². The van der Waals surface area contributed by atoms with E-state index in [1.807, 2.05) is 0 Å². The summed E-state index contributed by atoms with van der Waals surface area (Å²) in [6.07, 6.45) is 8.38.